The summed E-state index contributed by atoms with van der Waals surface area (Å²) in [6.07, 6.45) is 5.95. The van der Waals surface area contributed by atoms with Gasteiger partial charge in [0.05, 0.1) is 5.56 Å². The van der Waals surface area contributed by atoms with E-state index in [9.17, 15) is 14.7 Å². The van der Waals surface area contributed by atoms with E-state index < -0.39 is 11.5 Å². The van der Waals surface area contributed by atoms with Crippen molar-refractivity contribution in [3.05, 3.63) is 36.3 Å². The molecule has 0 spiro atoms. The average molecular weight is 305 g/mol. The molecule has 2 N–H and O–H groups in total. The maximum Gasteiger partial charge on any atom is 0.329 e. The Kier molecular flexibility index (Phi) is 3.59. The van der Waals surface area contributed by atoms with Crippen molar-refractivity contribution in [2.45, 2.75) is 18.4 Å². The standard InChI is InChI=1S/C14H15N3O3S/c18-12(10-1-2-11-15-5-6-17(11)9-10)16-14(13(19)20)3-7-21-8-4-14/h1-2,5-6,9H,3-4,7-8H2,(H,16,18)(H,19,20). The van der Waals surface area contributed by atoms with Crippen LogP contribution < -0.4 is 5.32 Å². The van der Waals surface area contributed by atoms with Crippen LogP contribution in [-0.4, -0.2) is 43.4 Å². The molecule has 1 amide bonds. The second-order valence-corrected chi connectivity index (χ2v) is 6.29. The second-order valence-electron chi connectivity index (χ2n) is 5.06. The first-order valence-electron chi connectivity index (χ1n) is 6.67. The van der Waals surface area contributed by atoms with Crippen LogP contribution >= 0.6 is 11.8 Å². The van der Waals surface area contributed by atoms with Gasteiger partial charge in [-0.25, -0.2) is 9.78 Å². The maximum absolute atomic E-state index is 12.4. The Bertz CT molecular complexity index is 692. The van der Waals surface area contributed by atoms with E-state index in [2.05, 4.69) is 10.3 Å². The first-order chi connectivity index (χ1) is 10.1. The van der Waals surface area contributed by atoms with Gasteiger partial charge in [0.15, 0.2) is 0 Å². The predicted molar refractivity (Wildman–Crippen MR) is 79.6 cm³/mol. The zero-order valence-corrected chi connectivity index (χ0v) is 12.1. The van der Waals surface area contributed by atoms with Crippen LogP contribution in [-0.2, 0) is 4.79 Å². The number of nitrogens with zero attached hydrogens (tertiary/aromatic N) is 2. The highest BCUT2D eigenvalue weighted by atomic mass is 32.2. The van der Waals surface area contributed by atoms with Gasteiger partial charge in [-0.2, -0.15) is 11.8 Å². The van der Waals surface area contributed by atoms with Crippen molar-refractivity contribution in [3.63, 3.8) is 0 Å². The van der Waals surface area contributed by atoms with E-state index >= 15 is 0 Å². The van der Waals surface area contributed by atoms with Gasteiger partial charge in [-0.1, -0.05) is 0 Å². The summed E-state index contributed by atoms with van der Waals surface area (Å²) in [5.41, 5.74) is 0.0274. The molecule has 0 unspecified atom stereocenters. The Morgan fingerprint density at radius 2 is 2.10 bits per heavy atom. The zero-order valence-electron chi connectivity index (χ0n) is 11.3. The second kappa shape index (κ2) is 5.40. The van der Waals surface area contributed by atoms with Crippen LogP contribution in [0, 0.1) is 0 Å². The van der Waals surface area contributed by atoms with Crippen LogP contribution in [0.25, 0.3) is 5.65 Å². The highest BCUT2D eigenvalue weighted by Crippen LogP contribution is 2.27. The van der Waals surface area contributed by atoms with Crippen LogP contribution in [0.15, 0.2) is 30.7 Å². The molecule has 0 atom stereocenters. The van der Waals surface area contributed by atoms with Gasteiger partial charge in [0, 0.05) is 18.6 Å². The molecule has 3 rings (SSSR count). The lowest BCUT2D eigenvalue weighted by Crippen LogP contribution is -2.56. The molecule has 0 saturated carbocycles. The van der Waals surface area contributed by atoms with Gasteiger partial charge in [-0.15, -0.1) is 0 Å². The van der Waals surface area contributed by atoms with Crippen molar-refractivity contribution < 1.29 is 14.7 Å². The van der Waals surface area contributed by atoms with Gasteiger partial charge in [0.2, 0.25) is 0 Å². The molecule has 1 fully saturated rings. The van der Waals surface area contributed by atoms with E-state index in [0.717, 1.165) is 17.2 Å². The molecule has 1 aliphatic rings. The van der Waals surface area contributed by atoms with E-state index in [1.807, 2.05) is 0 Å². The normalized spacial score (nSPS) is 17.5. The minimum atomic E-state index is -1.15. The smallest absolute Gasteiger partial charge is 0.329 e. The number of rotatable bonds is 3. The number of amides is 1. The van der Waals surface area contributed by atoms with E-state index in [-0.39, 0.29) is 5.91 Å². The van der Waals surface area contributed by atoms with Crippen LogP contribution in [0.1, 0.15) is 23.2 Å². The summed E-state index contributed by atoms with van der Waals surface area (Å²) >= 11 is 1.71. The van der Waals surface area contributed by atoms with E-state index in [0.29, 0.717) is 18.4 Å². The average Bonchev–Trinajstić information content (AvgIpc) is 2.95. The largest absolute Gasteiger partial charge is 0.480 e. The first-order valence-corrected chi connectivity index (χ1v) is 7.83. The molecule has 2 aromatic rings. The quantitative estimate of drug-likeness (QED) is 0.896. The number of thioether (sulfide) groups is 1. The number of aliphatic carboxylic acids is 1. The predicted octanol–water partition coefficient (Wildman–Crippen LogP) is 1.41. The summed E-state index contributed by atoms with van der Waals surface area (Å²) in [7, 11) is 0. The van der Waals surface area contributed by atoms with Crippen molar-refractivity contribution in [2.24, 2.45) is 0 Å². The fourth-order valence-electron chi connectivity index (χ4n) is 2.46. The summed E-state index contributed by atoms with van der Waals surface area (Å²) in [5, 5.41) is 12.2. The zero-order chi connectivity index (χ0) is 14.9. The third kappa shape index (κ3) is 2.61. The highest BCUT2D eigenvalue weighted by Gasteiger charge is 2.41. The molecule has 1 saturated heterocycles. The minimum absolute atomic E-state index is 0.361. The van der Waals surface area contributed by atoms with Crippen LogP contribution in [0.4, 0.5) is 0 Å². The monoisotopic (exact) mass is 305 g/mol. The number of aromatic nitrogens is 2. The van der Waals surface area contributed by atoms with Crippen molar-refractivity contribution >= 4 is 29.3 Å². The summed E-state index contributed by atoms with van der Waals surface area (Å²) in [5.74, 6) is 0.167. The Hall–Kier alpha value is -2.02. The molecule has 21 heavy (non-hydrogen) atoms. The topological polar surface area (TPSA) is 83.7 Å². The molecule has 110 valence electrons. The Morgan fingerprint density at radius 1 is 1.33 bits per heavy atom. The number of carboxylic acids is 1. The summed E-state index contributed by atoms with van der Waals surface area (Å²) in [6, 6.07) is 3.39. The lowest BCUT2D eigenvalue weighted by atomic mass is 9.92. The van der Waals surface area contributed by atoms with Crippen molar-refractivity contribution in [2.75, 3.05) is 11.5 Å². The number of fused-ring (bicyclic) bond motifs is 1. The SMILES string of the molecule is O=C(NC1(C(=O)O)CCSCC1)c1ccc2nccn2c1. The molecule has 0 aromatic carbocycles. The third-order valence-electron chi connectivity index (χ3n) is 3.76. The third-order valence-corrected chi connectivity index (χ3v) is 4.75. The van der Waals surface area contributed by atoms with E-state index in [1.54, 1.807) is 46.9 Å². The number of imidazole rings is 1. The number of nitrogens with one attached hydrogen (secondary N) is 1. The van der Waals surface area contributed by atoms with Gasteiger partial charge >= 0.3 is 5.97 Å². The molecule has 0 bridgehead atoms. The van der Waals surface area contributed by atoms with Crippen molar-refractivity contribution in [1.29, 1.82) is 0 Å². The maximum atomic E-state index is 12.4. The fraction of sp³-hybridized carbons (Fsp3) is 0.357. The van der Waals surface area contributed by atoms with Crippen LogP contribution in [0.2, 0.25) is 0 Å². The number of hydrogen-bond acceptors (Lipinski definition) is 4. The molecule has 2 aromatic heterocycles. The summed E-state index contributed by atoms with van der Waals surface area (Å²) in [4.78, 5) is 28.1. The number of carbonyl (C=O) groups excluding carboxylic acids is 1. The van der Waals surface area contributed by atoms with Gasteiger partial charge in [0.1, 0.15) is 11.2 Å². The molecular formula is C14H15N3O3S. The van der Waals surface area contributed by atoms with Gasteiger partial charge in [0.25, 0.3) is 5.91 Å². The molecule has 7 heteroatoms. The van der Waals surface area contributed by atoms with Crippen LogP contribution in [0.3, 0.4) is 0 Å². The Morgan fingerprint density at radius 3 is 2.81 bits per heavy atom. The number of carboxylic acid groups (broad SMARTS) is 1. The molecule has 3 heterocycles. The Labute approximate surface area is 125 Å². The molecule has 1 aliphatic heterocycles. The molecular weight excluding hydrogens is 290 g/mol. The molecule has 6 nitrogen and oxygen atoms in total. The number of hydrogen-bond donors (Lipinski definition) is 2. The van der Waals surface area contributed by atoms with Gasteiger partial charge in [-0.05, 0) is 36.5 Å². The van der Waals surface area contributed by atoms with Gasteiger partial charge < -0.3 is 14.8 Å². The minimum Gasteiger partial charge on any atom is -0.480 e. The molecule has 0 radical (unpaired) electrons. The van der Waals surface area contributed by atoms with Crippen molar-refractivity contribution in [3.8, 4) is 0 Å². The summed E-state index contributed by atoms with van der Waals surface area (Å²) < 4.78 is 1.74. The summed E-state index contributed by atoms with van der Waals surface area (Å²) in [6.45, 7) is 0. The van der Waals surface area contributed by atoms with E-state index in [1.165, 1.54) is 0 Å². The van der Waals surface area contributed by atoms with E-state index in [4.69, 9.17) is 0 Å². The van der Waals surface area contributed by atoms with Crippen LogP contribution in [0.5, 0.6) is 0 Å². The Balaban J connectivity index is 1.85. The molecule has 0 aliphatic carbocycles. The number of pyridine rings is 1. The first kappa shape index (κ1) is 13.9. The van der Waals surface area contributed by atoms with Gasteiger partial charge in [-0.3, -0.25) is 4.79 Å². The lowest BCUT2D eigenvalue weighted by molar-refractivity contribution is -0.144. The number of carbonyl (C=O) groups is 2. The lowest BCUT2D eigenvalue weighted by Gasteiger charge is -2.33. The van der Waals surface area contributed by atoms with Crippen molar-refractivity contribution in [1.82, 2.24) is 14.7 Å². The fourth-order valence-corrected chi connectivity index (χ4v) is 3.65. The highest BCUT2D eigenvalue weighted by molar-refractivity contribution is 7.99.